The molecule has 0 radical (unpaired) electrons. The number of rotatable bonds is 5. The molecule has 0 fully saturated rings. The van der Waals surface area contributed by atoms with E-state index >= 15 is 0 Å². The van der Waals surface area contributed by atoms with Crippen LogP contribution in [0.1, 0.15) is 17.0 Å². The maximum Gasteiger partial charge on any atom is 0.127 e. The van der Waals surface area contributed by atoms with Gasteiger partial charge in [0.05, 0.1) is 7.11 Å². The summed E-state index contributed by atoms with van der Waals surface area (Å²) >= 11 is 6.14. The van der Waals surface area contributed by atoms with Crippen molar-refractivity contribution in [2.24, 2.45) is 0 Å². The predicted octanol–water partition coefficient (Wildman–Crippen LogP) is 3.87. The molecule has 0 spiro atoms. The van der Waals surface area contributed by atoms with Crippen LogP contribution in [0.3, 0.4) is 0 Å². The van der Waals surface area contributed by atoms with Gasteiger partial charge in [0.1, 0.15) is 12.0 Å². The highest BCUT2D eigenvalue weighted by atomic mass is 35.5. The quantitative estimate of drug-likeness (QED) is 0.774. The van der Waals surface area contributed by atoms with Crippen molar-refractivity contribution in [3.05, 3.63) is 64.7 Å². The zero-order valence-electron chi connectivity index (χ0n) is 10.7. The summed E-state index contributed by atoms with van der Waals surface area (Å²) in [7, 11) is 1.63. The van der Waals surface area contributed by atoms with Crippen LogP contribution in [-0.2, 0) is 11.2 Å². The van der Waals surface area contributed by atoms with Gasteiger partial charge in [0.2, 0.25) is 0 Å². The van der Waals surface area contributed by atoms with Crippen LogP contribution in [0.4, 0.5) is 0 Å². The summed E-state index contributed by atoms with van der Waals surface area (Å²) in [4.78, 5) is 11.3. The molecule has 0 aliphatic heterocycles. The lowest BCUT2D eigenvalue weighted by Gasteiger charge is -2.13. The first-order chi connectivity index (χ1) is 9.24. The van der Waals surface area contributed by atoms with E-state index in [0.29, 0.717) is 11.4 Å². The highest BCUT2D eigenvalue weighted by Gasteiger charge is 2.14. The molecular weight excluding hydrogens is 260 g/mol. The van der Waals surface area contributed by atoms with E-state index in [1.54, 1.807) is 13.2 Å². The number of benzene rings is 2. The maximum atomic E-state index is 11.3. The lowest BCUT2D eigenvalue weighted by molar-refractivity contribution is -0.109. The van der Waals surface area contributed by atoms with Crippen molar-refractivity contribution in [3.63, 3.8) is 0 Å². The van der Waals surface area contributed by atoms with Gasteiger partial charge in [-0.1, -0.05) is 41.9 Å². The van der Waals surface area contributed by atoms with E-state index in [0.717, 1.165) is 23.2 Å². The Hall–Kier alpha value is -1.80. The van der Waals surface area contributed by atoms with Gasteiger partial charge in [-0.25, -0.2) is 0 Å². The maximum absolute atomic E-state index is 11.3. The third-order valence-electron chi connectivity index (χ3n) is 3.06. The van der Waals surface area contributed by atoms with Crippen LogP contribution in [0.25, 0.3) is 0 Å². The third-order valence-corrected chi connectivity index (χ3v) is 3.40. The molecule has 0 bridgehead atoms. The van der Waals surface area contributed by atoms with Crippen molar-refractivity contribution in [3.8, 4) is 5.75 Å². The molecule has 0 saturated heterocycles. The fourth-order valence-corrected chi connectivity index (χ4v) is 2.34. The molecule has 0 N–H and O–H groups in total. The normalized spacial score (nSPS) is 11.9. The molecule has 0 aliphatic carbocycles. The Kier molecular flexibility index (Phi) is 4.58. The number of hydrogen-bond donors (Lipinski definition) is 0. The summed E-state index contributed by atoms with van der Waals surface area (Å²) in [5.41, 5.74) is 1.92. The molecule has 0 heterocycles. The number of methoxy groups -OCH3 is 1. The van der Waals surface area contributed by atoms with E-state index in [-0.39, 0.29) is 5.92 Å². The minimum absolute atomic E-state index is 0.235. The zero-order chi connectivity index (χ0) is 13.7. The Bertz CT molecular complexity index is 566. The van der Waals surface area contributed by atoms with Gasteiger partial charge in [0, 0.05) is 10.9 Å². The second-order valence-corrected chi connectivity index (χ2v) is 4.73. The molecule has 2 aromatic rings. The first kappa shape index (κ1) is 13.6. The van der Waals surface area contributed by atoms with E-state index in [1.807, 2.05) is 42.5 Å². The Morgan fingerprint density at radius 3 is 2.68 bits per heavy atom. The second kappa shape index (κ2) is 6.39. The molecule has 0 aliphatic rings. The molecule has 0 aromatic heterocycles. The highest BCUT2D eigenvalue weighted by Crippen LogP contribution is 2.27. The number of aldehydes is 1. The van der Waals surface area contributed by atoms with E-state index in [9.17, 15) is 4.79 Å². The Labute approximate surface area is 118 Å². The van der Waals surface area contributed by atoms with Gasteiger partial charge in [0.15, 0.2) is 0 Å². The molecule has 0 saturated carbocycles. The van der Waals surface area contributed by atoms with E-state index in [2.05, 4.69) is 0 Å². The molecule has 1 atom stereocenters. The van der Waals surface area contributed by atoms with Gasteiger partial charge in [-0.3, -0.25) is 0 Å². The summed E-state index contributed by atoms with van der Waals surface area (Å²) in [6.45, 7) is 0. The van der Waals surface area contributed by atoms with Crippen molar-refractivity contribution >= 4 is 17.9 Å². The van der Waals surface area contributed by atoms with Crippen molar-refractivity contribution in [2.75, 3.05) is 7.11 Å². The zero-order valence-corrected chi connectivity index (χ0v) is 11.4. The van der Waals surface area contributed by atoms with Gasteiger partial charge < -0.3 is 9.53 Å². The minimum Gasteiger partial charge on any atom is -0.497 e. The molecular formula is C16H15ClO2. The molecule has 2 aromatic carbocycles. The number of carbonyl (C=O) groups excluding carboxylic acids is 1. The first-order valence-electron chi connectivity index (χ1n) is 6.07. The average Bonchev–Trinajstić information content (AvgIpc) is 2.46. The second-order valence-electron chi connectivity index (χ2n) is 4.32. The topological polar surface area (TPSA) is 26.3 Å². The summed E-state index contributed by atoms with van der Waals surface area (Å²) in [6, 6.07) is 15.2. The molecule has 2 rings (SSSR count). The van der Waals surface area contributed by atoms with Crippen LogP contribution >= 0.6 is 11.6 Å². The largest absolute Gasteiger partial charge is 0.497 e. The van der Waals surface area contributed by atoms with Crippen LogP contribution in [0, 0.1) is 0 Å². The minimum atomic E-state index is -0.235. The number of carbonyl (C=O) groups is 1. The first-order valence-corrected chi connectivity index (χ1v) is 6.45. The molecule has 19 heavy (non-hydrogen) atoms. The van der Waals surface area contributed by atoms with Crippen LogP contribution in [0.15, 0.2) is 48.5 Å². The van der Waals surface area contributed by atoms with Gasteiger partial charge in [-0.2, -0.15) is 0 Å². The van der Waals surface area contributed by atoms with Crippen molar-refractivity contribution in [1.82, 2.24) is 0 Å². The van der Waals surface area contributed by atoms with Crippen molar-refractivity contribution in [2.45, 2.75) is 12.3 Å². The molecule has 2 nitrogen and oxygen atoms in total. The van der Waals surface area contributed by atoms with Crippen LogP contribution in [0.2, 0.25) is 5.02 Å². The summed E-state index contributed by atoms with van der Waals surface area (Å²) < 4.78 is 5.19. The SMILES string of the molecule is COc1cccc(CC(C=O)c2ccccc2Cl)c1. The third kappa shape index (κ3) is 3.36. The molecule has 98 valence electrons. The van der Waals surface area contributed by atoms with Gasteiger partial charge >= 0.3 is 0 Å². The highest BCUT2D eigenvalue weighted by molar-refractivity contribution is 6.31. The molecule has 1 unspecified atom stereocenters. The van der Waals surface area contributed by atoms with Crippen molar-refractivity contribution in [1.29, 1.82) is 0 Å². The standard InChI is InChI=1S/C16H15ClO2/c1-19-14-6-4-5-12(10-14)9-13(11-18)15-7-2-3-8-16(15)17/h2-8,10-11,13H,9H2,1H3. The fraction of sp³-hybridized carbons (Fsp3) is 0.188. The predicted molar refractivity (Wildman–Crippen MR) is 77.0 cm³/mol. The van der Waals surface area contributed by atoms with Crippen LogP contribution in [-0.4, -0.2) is 13.4 Å². The Morgan fingerprint density at radius 1 is 1.21 bits per heavy atom. The summed E-state index contributed by atoms with van der Waals surface area (Å²) in [6.07, 6.45) is 1.56. The number of halogens is 1. The number of ether oxygens (including phenoxy) is 1. The van der Waals surface area contributed by atoms with E-state index in [1.165, 1.54) is 0 Å². The average molecular weight is 275 g/mol. The fourth-order valence-electron chi connectivity index (χ4n) is 2.06. The van der Waals surface area contributed by atoms with Gasteiger partial charge in [-0.05, 0) is 35.7 Å². The lowest BCUT2D eigenvalue weighted by Crippen LogP contribution is -2.05. The van der Waals surface area contributed by atoms with E-state index in [4.69, 9.17) is 16.3 Å². The molecule has 0 amide bonds. The number of hydrogen-bond acceptors (Lipinski definition) is 2. The smallest absolute Gasteiger partial charge is 0.127 e. The molecule has 3 heteroatoms. The summed E-state index contributed by atoms with van der Waals surface area (Å²) in [5.74, 6) is 0.558. The summed E-state index contributed by atoms with van der Waals surface area (Å²) in [5, 5.41) is 0.627. The Morgan fingerprint density at radius 2 is 2.00 bits per heavy atom. The van der Waals surface area contributed by atoms with Gasteiger partial charge in [0.25, 0.3) is 0 Å². The lowest BCUT2D eigenvalue weighted by atomic mass is 9.93. The van der Waals surface area contributed by atoms with Crippen LogP contribution < -0.4 is 4.74 Å². The van der Waals surface area contributed by atoms with Gasteiger partial charge in [-0.15, -0.1) is 0 Å². The monoisotopic (exact) mass is 274 g/mol. The van der Waals surface area contributed by atoms with Crippen molar-refractivity contribution < 1.29 is 9.53 Å². The van der Waals surface area contributed by atoms with Crippen LogP contribution in [0.5, 0.6) is 5.75 Å². The van der Waals surface area contributed by atoms with E-state index < -0.39 is 0 Å². The Balaban J connectivity index is 2.24.